The van der Waals surface area contributed by atoms with E-state index in [1.165, 1.54) is 0 Å². The van der Waals surface area contributed by atoms with Gasteiger partial charge in [0.1, 0.15) is 5.75 Å². The average Bonchev–Trinajstić information content (AvgIpc) is 2.99. The Morgan fingerprint density at radius 1 is 1.00 bits per heavy atom. The molecule has 0 radical (unpaired) electrons. The molecule has 2 heterocycles. The van der Waals surface area contributed by atoms with Gasteiger partial charge in [-0.15, -0.1) is 0 Å². The van der Waals surface area contributed by atoms with Crippen LogP contribution >= 0.6 is 0 Å². The van der Waals surface area contributed by atoms with Crippen molar-refractivity contribution in [2.24, 2.45) is 0 Å². The van der Waals surface area contributed by atoms with E-state index in [1.807, 2.05) is 19.1 Å². The van der Waals surface area contributed by atoms with Gasteiger partial charge in [0.25, 0.3) is 0 Å². The van der Waals surface area contributed by atoms with Gasteiger partial charge in [-0.3, -0.25) is 9.47 Å². The molecule has 3 N–H and O–H groups in total. The summed E-state index contributed by atoms with van der Waals surface area (Å²) >= 11 is 0. The Balaban J connectivity index is 1.29. The van der Waals surface area contributed by atoms with E-state index in [4.69, 9.17) is 4.74 Å². The summed E-state index contributed by atoms with van der Waals surface area (Å²) in [6.07, 6.45) is 2.11. The first-order valence-electron chi connectivity index (χ1n) is 11.1. The van der Waals surface area contributed by atoms with E-state index in [1.54, 1.807) is 4.57 Å². The molecule has 1 aliphatic carbocycles. The molecule has 164 valence electrons. The molecular formula is C23H33N3O4. The fourth-order valence-electron chi connectivity index (χ4n) is 4.69. The second-order valence-electron chi connectivity index (χ2n) is 8.24. The fraction of sp³-hybridized carbons (Fsp3) is 0.565. The van der Waals surface area contributed by atoms with Crippen LogP contribution < -0.4 is 9.64 Å². The Morgan fingerprint density at radius 3 is 2.50 bits per heavy atom. The molecule has 4 rings (SSSR count). The monoisotopic (exact) mass is 415 g/mol. The molecule has 7 nitrogen and oxygen atoms in total. The van der Waals surface area contributed by atoms with Crippen LogP contribution in [-0.2, 0) is 19.4 Å². The molecule has 0 bridgehead atoms. The van der Waals surface area contributed by atoms with Gasteiger partial charge in [0.15, 0.2) is 11.8 Å². The number of aliphatic hydroxyl groups excluding tert-OH is 1. The number of anilines is 1. The van der Waals surface area contributed by atoms with Crippen molar-refractivity contribution in [2.75, 3.05) is 44.2 Å². The van der Waals surface area contributed by atoms with Gasteiger partial charge in [0, 0.05) is 50.3 Å². The number of aromatic hydroxyl groups is 2. The first kappa shape index (κ1) is 20.9. The Bertz CT molecular complexity index is 858. The number of ether oxygens (including phenoxy) is 1. The van der Waals surface area contributed by atoms with Crippen molar-refractivity contribution >= 4 is 5.69 Å². The number of benzene rings is 1. The lowest BCUT2D eigenvalue weighted by molar-refractivity contribution is 0.157. The highest BCUT2D eigenvalue weighted by Gasteiger charge is 2.28. The van der Waals surface area contributed by atoms with Crippen molar-refractivity contribution in [1.29, 1.82) is 0 Å². The molecule has 30 heavy (non-hydrogen) atoms. The third-order valence-corrected chi connectivity index (χ3v) is 6.32. The summed E-state index contributed by atoms with van der Waals surface area (Å²) in [6, 6.07) is 8.21. The van der Waals surface area contributed by atoms with Crippen molar-refractivity contribution in [3.63, 3.8) is 0 Å². The molecule has 0 amide bonds. The number of aromatic nitrogens is 1. The number of aliphatic hydroxyl groups is 1. The zero-order valence-corrected chi connectivity index (χ0v) is 17.8. The smallest absolute Gasteiger partial charge is 0.197 e. The van der Waals surface area contributed by atoms with E-state index < -0.39 is 6.10 Å². The van der Waals surface area contributed by atoms with Crippen molar-refractivity contribution in [2.45, 2.75) is 45.3 Å². The number of nitrogens with zero attached hydrogens (tertiary/aromatic N) is 3. The molecule has 1 saturated heterocycles. The van der Waals surface area contributed by atoms with E-state index in [9.17, 15) is 15.3 Å². The van der Waals surface area contributed by atoms with E-state index in [2.05, 4.69) is 21.9 Å². The largest absolute Gasteiger partial charge is 0.494 e. The topological polar surface area (TPSA) is 81.3 Å². The van der Waals surface area contributed by atoms with Gasteiger partial charge < -0.3 is 25.0 Å². The molecule has 1 atom stereocenters. The lowest BCUT2D eigenvalue weighted by Gasteiger charge is -2.36. The van der Waals surface area contributed by atoms with Crippen LogP contribution in [0.25, 0.3) is 0 Å². The summed E-state index contributed by atoms with van der Waals surface area (Å²) in [4.78, 5) is 4.81. The zero-order valence-electron chi connectivity index (χ0n) is 17.8. The normalized spacial score (nSPS) is 19.7. The summed E-state index contributed by atoms with van der Waals surface area (Å²) < 4.78 is 7.38. The van der Waals surface area contributed by atoms with Crippen LogP contribution in [0.4, 0.5) is 5.69 Å². The van der Waals surface area contributed by atoms with Crippen LogP contribution in [0, 0.1) is 0 Å². The molecule has 2 aromatic rings. The third-order valence-electron chi connectivity index (χ3n) is 6.32. The minimum atomic E-state index is -0.428. The van der Waals surface area contributed by atoms with Crippen molar-refractivity contribution < 1.29 is 20.1 Å². The highest BCUT2D eigenvalue weighted by molar-refractivity contribution is 5.58. The fourth-order valence-corrected chi connectivity index (χ4v) is 4.69. The van der Waals surface area contributed by atoms with Gasteiger partial charge in [-0.05, 0) is 44.9 Å². The Morgan fingerprint density at radius 2 is 1.73 bits per heavy atom. The minimum Gasteiger partial charge on any atom is -0.494 e. The maximum atomic E-state index is 10.5. The highest BCUT2D eigenvalue weighted by atomic mass is 16.5. The molecule has 1 unspecified atom stereocenters. The molecule has 1 fully saturated rings. The van der Waals surface area contributed by atoms with Crippen molar-refractivity contribution in [3.8, 4) is 17.5 Å². The Kier molecular flexibility index (Phi) is 6.39. The Labute approximate surface area is 178 Å². The summed E-state index contributed by atoms with van der Waals surface area (Å²) in [5.41, 5.74) is 2.68. The highest BCUT2D eigenvalue weighted by Crippen LogP contribution is 2.38. The third kappa shape index (κ3) is 4.23. The molecule has 0 spiro atoms. The second-order valence-corrected chi connectivity index (χ2v) is 8.24. The summed E-state index contributed by atoms with van der Waals surface area (Å²) in [5.74, 6) is 1.24. The number of para-hydroxylation sites is 2. The molecular weight excluding hydrogens is 382 g/mol. The van der Waals surface area contributed by atoms with Gasteiger partial charge in [0.05, 0.1) is 18.4 Å². The molecule has 2 aliphatic rings. The quantitative estimate of drug-likeness (QED) is 0.644. The van der Waals surface area contributed by atoms with Gasteiger partial charge in [-0.2, -0.15) is 0 Å². The predicted molar refractivity (Wildman–Crippen MR) is 117 cm³/mol. The number of hydrogen-bond donors (Lipinski definition) is 3. The number of rotatable bonds is 7. The average molecular weight is 416 g/mol. The van der Waals surface area contributed by atoms with E-state index >= 15 is 0 Å². The molecule has 0 saturated carbocycles. The first-order valence-corrected chi connectivity index (χ1v) is 11.1. The van der Waals surface area contributed by atoms with Crippen LogP contribution in [0.2, 0.25) is 0 Å². The Hall–Kier alpha value is -2.38. The molecule has 1 aromatic heterocycles. The molecule has 1 aromatic carbocycles. The van der Waals surface area contributed by atoms with Crippen LogP contribution in [0.3, 0.4) is 0 Å². The van der Waals surface area contributed by atoms with Crippen LogP contribution in [-0.4, -0.2) is 70.2 Å². The van der Waals surface area contributed by atoms with Crippen molar-refractivity contribution in [1.82, 2.24) is 9.47 Å². The second kappa shape index (κ2) is 9.18. The van der Waals surface area contributed by atoms with Gasteiger partial charge in [-0.1, -0.05) is 12.1 Å². The maximum absolute atomic E-state index is 10.5. The zero-order chi connectivity index (χ0) is 21.1. The number of hydrogen-bond acceptors (Lipinski definition) is 6. The predicted octanol–water partition coefficient (Wildman–Crippen LogP) is 2.36. The molecule has 1 aliphatic heterocycles. The van der Waals surface area contributed by atoms with Crippen LogP contribution in [0.1, 0.15) is 30.9 Å². The summed E-state index contributed by atoms with van der Waals surface area (Å²) in [6.45, 7) is 8.04. The van der Waals surface area contributed by atoms with Crippen LogP contribution in [0.5, 0.6) is 17.5 Å². The lowest BCUT2D eigenvalue weighted by Crippen LogP contribution is -2.46. The summed E-state index contributed by atoms with van der Waals surface area (Å²) in [7, 11) is 0. The number of piperazine rings is 1. The van der Waals surface area contributed by atoms with Gasteiger partial charge in [0.2, 0.25) is 0 Å². The standard InChI is InChI=1S/C23H33N3O4/c1-2-30-21-7-4-3-6-20(21)25-14-12-24(13-15-25)10-5-11-26-22(28)18-9-8-17(27)16-19(18)23(26)29/h3-4,6-7,17,27-29H,2,5,8-16H2,1H3. The van der Waals surface area contributed by atoms with E-state index in [-0.39, 0.29) is 11.8 Å². The van der Waals surface area contributed by atoms with E-state index in [0.717, 1.165) is 56.1 Å². The van der Waals surface area contributed by atoms with Gasteiger partial charge >= 0.3 is 0 Å². The first-order chi connectivity index (χ1) is 14.6. The maximum Gasteiger partial charge on any atom is 0.197 e. The minimum absolute atomic E-state index is 0.124. The molecule has 7 heteroatoms. The summed E-state index contributed by atoms with van der Waals surface area (Å²) in [5, 5.41) is 30.9. The van der Waals surface area contributed by atoms with E-state index in [0.29, 0.717) is 38.0 Å². The SMILES string of the molecule is CCOc1ccccc1N1CCN(CCCn2c(O)c3c(c2O)CC(O)CC3)CC1. The van der Waals surface area contributed by atoms with Crippen LogP contribution in [0.15, 0.2) is 24.3 Å². The van der Waals surface area contributed by atoms with Crippen molar-refractivity contribution in [3.05, 3.63) is 35.4 Å². The lowest BCUT2D eigenvalue weighted by atomic mass is 9.93. The van der Waals surface area contributed by atoms with Gasteiger partial charge in [-0.25, -0.2) is 0 Å². The number of fused-ring (bicyclic) bond motifs is 1.